The highest BCUT2D eigenvalue weighted by molar-refractivity contribution is 6.34. The van der Waals surface area contributed by atoms with Crippen LogP contribution in [0, 0.1) is 5.92 Å². The van der Waals surface area contributed by atoms with Crippen LogP contribution >= 0.6 is 11.6 Å². The Balaban J connectivity index is 2.16. The summed E-state index contributed by atoms with van der Waals surface area (Å²) < 4.78 is 5.32. The molecule has 0 radical (unpaired) electrons. The lowest BCUT2D eigenvalue weighted by Gasteiger charge is -2.18. The Morgan fingerprint density at radius 3 is 2.86 bits per heavy atom. The van der Waals surface area contributed by atoms with E-state index < -0.39 is 5.97 Å². The number of ether oxygens (including phenoxy) is 1. The lowest BCUT2D eigenvalue weighted by atomic mass is 10.0. The molecule has 0 saturated carbocycles. The standard InChI is InChI=1S/C14H17ClN2O4/c1-2-16-11-7-21-6-8(11)13(18)17-10-5-3-4-9(15)12(10)14(19)20/h3-5,8,11,16H,2,6-7H2,1H3,(H,17,18)(H,19,20). The summed E-state index contributed by atoms with van der Waals surface area (Å²) >= 11 is 5.88. The van der Waals surface area contributed by atoms with Crippen molar-refractivity contribution in [3.05, 3.63) is 28.8 Å². The molecule has 1 aromatic rings. The van der Waals surface area contributed by atoms with Crippen molar-refractivity contribution in [2.24, 2.45) is 5.92 Å². The second-order valence-corrected chi connectivity index (χ2v) is 5.17. The number of amides is 1. The van der Waals surface area contributed by atoms with E-state index in [1.807, 2.05) is 6.92 Å². The maximum Gasteiger partial charge on any atom is 0.339 e. The molecular weight excluding hydrogens is 296 g/mol. The molecule has 1 heterocycles. The highest BCUT2D eigenvalue weighted by Crippen LogP contribution is 2.25. The fourth-order valence-corrected chi connectivity index (χ4v) is 2.60. The number of benzene rings is 1. The molecule has 0 spiro atoms. The number of nitrogens with one attached hydrogen (secondary N) is 2. The number of hydrogen-bond donors (Lipinski definition) is 3. The largest absolute Gasteiger partial charge is 0.478 e. The minimum Gasteiger partial charge on any atom is -0.478 e. The minimum absolute atomic E-state index is 0.0672. The number of carbonyl (C=O) groups is 2. The molecule has 114 valence electrons. The van der Waals surface area contributed by atoms with Crippen LogP contribution in [0.5, 0.6) is 0 Å². The van der Waals surface area contributed by atoms with Gasteiger partial charge in [0.1, 0.15) is 5.56 Å². The van der Waals surface area contributed by atoms with Crippen molar-refractivity contribution in [2.75, 3.05) is 25.1 Å². The Morgan fingerprint density at radius 2 is 2.19 bits per heavy atom. The topological polar surface area (TPSA) is 87.7 Å². The molecule has 1 aromatic carbocycles. The summed E-state index contributed by atoms with van der Waals surface area (Å²) in [6, 6.07) is 4.52. The molecule has 3 N–H and O–H groups in total. The van der Waals surface area contributed by atoms with Crippen LogP contribution in [-0.4, -0.2) is 42.8 Å². The number of likely N-dealkylation sites (N-methyl/N-ethyl adjacent to an activating group) is 1. The molecular formula is C14H17ClN2O4. The van der Waals surface area contributed by atoms with Crippen LogP contribution in [-0.2, 0) is 9.53 Å². The molecule has 21 heavy (non-hydrogen) atoms. The lowest BCUT2D eigenvalue weighted by molar-refractivity contribution is -0.120. The molecule has 2 atom stereocenters. The number of aromatic carboxylic acids is 1. The van der Waals surface area contributed by atoms with Gasteiger partial charge in [-0.25, -0.2) is 4.79 Å². The highest BCUT2D eigenvalue weighted by Gasteiger charge is 2.34. The van der Waals surface area contributed by atoms with E-state index in [4.69, 9.17) is 16.3 Å². The highest BCUT2D eigenvalue weighted by atomic mass is 35.5. The van der Waals surface area contributed by atoms with Crippen LogP contribution in [0.2, 0.25) is 5.02 Å². The normalized spacial score (nSPS) is 21.2. The number of rotatable bonds is 5. The first-order valence-corrected chi connectivity index (χ1v) is 7.06. The number of anilines is 1. The number of carbonyl (C=O) groups excluding carboxylic acids is 1. The Bertz CT molecular complexity index is 550. The van der Waals surface area contributed by atoms with Crippen LogP contribution in [0.1, 0.15) is 17.3 Å². The Kier molecular flexibility index (Phi) is 5.17. The van der Waals surface area contributed by atoms with Gasteiger partial charge in [0, 0.05) is 6.04 Å². The van der Waals surface area contributed by atoms with Gasteiger partial charge in [0.05, 0.1) is 29.8 Å². The van der Waals surface area contributed by atoms with Gasteiger partial charge in [0.15, 0.2) is 0 Å². The summed E-state index contributed by atoms with van der Waals surface area (Å²) in [6.07, 6.45) is 0. The predicted molar refractivity (Wildman–Crippen MR) is 78.8 cm³/mol. The lowest BCUT2D eigenvalue weighted by Crippen LogP contribution is -2.41. The zero-order valence-corrected chi connectivity index (χ0v) is 12.3. The zero-order chi connectivity index (χ0) is 15.4. The first kappa shape index (κ1) is 15.8. The fourth-order valence-electron chi connectivity index (χ4n) is 2.35. The maximum atomic E-state index is 12.3. The van der Waals surface area contributed by atoms with Gasteiger partial charge in [-0.1, -0.05) is 24.6 Å². The van der Waals surface area contributed by atoms with Crippen LogP contribution < -0.4 is 10.6 Å². The summed E-state index contributed by atoms with van der Waals surface area (Å²) in [5.41, 5.74) is 0.0913. The van der Waals surface area contributed by atoms with Crippen LogP contribution in [0.3, 0.4) is 0 Å². The van der Waals surface area contributed by atoms with Crippen molar-refractivity contribution < 1.29 is 19.4 Å². The SMILES string of the molecule is CCNC1COCC1C(=O)Nc1cccc(Cl)c1C(=O)O. The second-order valence-electron chi connectivity index (χ2n) is 4.76. The number of halogens is 1. The van der Waals surface area contributed by atoms with E-state index in [9.17, 15) is 14.7 Å². The molecule has 7 heteroatoms. The van der Waals surface area contributed by atoms with Crippen molar-refractivity contribution in [2.45, 2.75) is 13.0 Å². The molecule has 2 rings (SSSR count). The third-order valence-electron chi connectivity index (χ3n) is 3.37. The van der Waals surface area contributed by atoms with E-state index in [2.05, 4.69) is 10.6 Å². The summed E-state index contributed by atoms with van der Waals surface area (Å²) in [5.74, 6) is -1.81. The summed E-state index contributed by atoms with van der Waals surface area (Å²) in [4.78, 5) is 23.6. The van der Waals surface area contributed by atoms with E-state index in [0.29, 0.717) is 13.2 Å². The molecule has 0 aliphatic carbocycles. The van der Waals surface area contributed by atoms with Crippen LogP contribution in [0.25, 0.3) is 0 Å². The van der Waals surface area contributed by atoms with Gasteiger partial charge in [-0.15, -0.1) is 0 Å². The van der Waals surface area contributed by atoms with Crippen LogP contribution in [0.15, 0.2) is 18.2 Å². The Hall–Kier alpha value is -1.63. The first-order chi connectivity index (χ1) is 10.0. The second kappa shape index (κ2) is 6.89. The number of carboxylic acids is 1. The molecule has 1 saturated heterocycles. The molecule has 0 aromatic heterocycles. The van der Waals surface area contributed by atoms with E-state index >= 15 is 0 Å². The summed E-state index contributed by atoms with van der Waals surface area (Å²) in [6.45, 7) is 3.46. The smallest absolute Gasteiger partial charge is 0.339 e. The van der Waals surface area contributed by atoms with Gasteiger partial charge < -0.3 is 20.5 Å². The third-order valence-corrected chi connectivity index (χ3v) is 3.68. The number of carboxylic acid groups (broad SMARTS) is 1. The molecule has 6 nitrogen and oxygen atoms in total. The van der Waals surface area contributed by atoms with E-state index in [1.165, 1.54) is 12.1 Å². The summed E-state index contributed by atoms with van der Waals surface area (Å²) in [7, 11) is 0. The first-order valence-electron chi connectivity index (χ1n) is 6.68. The molecule has 1 fully saturated rings. The molecule has 0 bridgehead atoms. The van der Waals surface area contributed by atoms with Crippen molar-refractivity contribution in [3.8, 4) is 0 Å². The monoisotopic (exact) mass is 312 g/mol. The number of hydrogen-bond acceptors (Lipinski definition) is 4. The zero-order valence-electron chi connectivity index (χ0n) is 11.6. The minimum atomic E-state index is -1.18. The third kappa shape index (κ3) is 3.53. The maximum absolute atomic E-state index is 12.3. The predicted octanol–water partition coefficient (Wildman–Crippen LogP) is 1.60. The van der Waals surface area contributed by atoms with Gasteiger partial charge in [-0.2, -0.15) is 0 Å². The molecule has 2 unspecified atom stereocenters. The van der Waals surface area contributed by atoms with Crippen molar-refractivity contribution in [1.29, 1.82) is 0 Å². The fraction of sp³-hybridized carbons (Fsp3) is 0.429. The van der Waals surface area contributed by atoms with Gasteiger partial charge in [0.25, 0.3) is 0 Å². The average Bonchev–Trinajstić information content (AvgIpc) is 2.87. The van der Waals surface area contributed by atoms with Crippen molar-refractivity contribution in [3.63, 3.8) is 0 Å². The van der Waals surface area contributed by atoms with Gasteiger partial charge >= 0.3 is 5.97 Å². The van der Waals surface area contributed by atoms with Crippen molar-refractivity contribution >= 4 is 29.2 Å². The summed E-state index contributed by atoms with van der Waals surface area (Å²) in [5, 5.41) is 15.1. The van der Waals surface area contributed by atoms with Gasteiger partial charge in [-0.05, 0) is 18.7 Å². The quantitative estimate of drug-likeness (QED) is 0.768. The van der Waals surface area contributed by atoms with Gasteiger partial charge in [0.2, 0.25) is 5.91 Å². The average molecular weight is 313 g/mol. The van der Waals surface area contributed by atoms with E-state index in [-0.39, 0.29) is 34.1 Å². The Morgan fingerprint density at radius 1 is 1.43 bits per heavy atom. The molecule has 1 aliphatic heterocycles. The van der Waals surface area contributed by atoms with Gasteiger partial charge in [-0.3, -0.25) is 4.79 Å². The van der Waals surface area contributed by atoms with E-state index in [1.54, 1.807) is 6.07 Å². The molecule has 1 aliphatic rings. The van der Waals surface area contributed by atoms with Crippen LogP contribution in [0.4, 0.5) is 5.69 Å². The Labute approximate surface area is 127 Å². The molecule has 1 amide bonds. The van der Waals surface area contributed by atoms with E-state index in [0.717, 1.165) is 6.54 Å². The van der Waals surface area contributed by atoms with Crippen molar-refractivity contribution in [1.82, 2.24) is 5.32 Å².